The van der Waals surface area contributed by atoms with Crippen molar-refractivity contribution in [3.8, 4) is 11.5 Å². The van der Waals surface area contributed by atoms with Crippen LogP contribution < -0.4 is 10.2 Å². The van der Waals surface area contributed by atoms with Gasteiger partial charge in [0.2, 0.25) is 0 Å². The van der Waals surface area contributed by atoms with Crippen molar-refractivity contribution in [3.05, 3.63) is 83.4 Å². The molecule has 0 spiro atoms. The Bertz CT molecular complexity index is 1270. The van der Waals surface area contributed by atoms with Gasteiger partial charge in [-0.25, -0.2) is 0 Å². The van der Waals surface area contributed by atoms with E-state index in [2.05, 4.69) is 77.1 Å². The first-order valence-electron chi connectivity index (χ1n) is 17.2. The number of benzene rings is 3. The summed E-state index contributed by atoms with van der Waals surface area (Å²) >= 11 is 0. The molecule has 0 N–H and O–H groups in total. The predicted molar refractivity (Wildman–Crippen MR) is 187 cm³/mol. The van der Waals surface area contributed by atoms with Gasteiger partial charge in [-0.2, -0.15) is 0 Å². The summed E-state index contributed by atoms with van der Waals surface area (Å²) in [7, 11) is 0. The molecule has 248 valence electrons. The molecule has 0 heterocycles. The molecule has 0 radical (unpaired) electrons. The number of unbranched alkanes of at least 4 members (excludes halogenated alkanes) is 5. The van der Waals surface area contributed by atoms with Crippen LogP contribution in [0.2, 0.25) is 0 Å². The van der Waals surface area contributed by atoms with Crippen LogP contribution in [0.1, 0.15) is 128 Å². The molecule has 0 bridgehead atoms. The van der Waals surface area contributed by atoms with Gasteiger partial charge in [-0.3, -0.25) is 9.98 Å². The summed E-state index contributed by atoms with van der Waals surface area (Å²) in [4.78, 5) is 10.3. The van der Waals surface area contributed by atoms with Gasteiger partial charge in [0.05, 0.1) is 22.8 Å². The largest absolute Gasteiger partial charge is 2.00 e. The summed E-state index contributed by atoms with van der Waals surface area (Å²) in [6, 6.07) is 21.9. The first-order valence-corrected chi connectivity index (χ1v) is 17.2. The second kappa shape index (κ2) is 24.3. The molecule has 0 unspecified atom stereocenters. The van der Waals surface area contributed by atoms with Crippen LogP contribution in [0.4, 0.5) is 11.4 Å². The summed E-state index contributed by atoms with van der Waals surface area (Å²) in [5, 5.41) is 22.2. The van der Waals surface area contributed by atoms with Gasteiger partial charge >= 0.3 is 16.5 Å². The van der Waals surface area contributed by atoms with Gasteiger partial charge in [0.25, 0.3) is 0 Å². The van der Waals surface area contributed by atoms with Crippen LogP contribution in [-0.4, -0.2) is 11.4 Å². The van der Waals surface area contributed by atoms with Crippen molar-refractivity contribution in [3.63, 3.8) is 0 Å². The minimum Gasteiger partial charge on any atom is -0.873 e. The van der Waals surface area contributed by atoms with Gasteiger partial charge in [-0.15, -0.1) is 11.5 Å². The molecule has 5 heteroatoms. The van der Waals surface area contributed by atoms with E-state index in [1.54, 1.807) is 12.1 Å². The molecule has 0 amide bonds. The molecule has 4 nitrogen and oxygen atoms in total. The molecule has 0 fully saturated rings. The Balaban J connectivity index is 0.000000606. The van der Waals surface area contributed by atoms with Crippen molar-refractivity contribution in [2.45, 2.75) is 131 Å². The molecular formula is C40H56N2NiO2. The van der Waals surface area contributed by atoms with Crippen LogP contribution >= 0.6 is 0 Å². The fourth-order valence-corrected chi connectivity index (χ4v) is 5.25. The molecule has 3 aromatic carbocycles. The summed E-state index contributed by atoms with van der Waals surface area (Å²) in [6.07, 6.45) is 16.6. The molecule has 45 heavy (non-hydrogen) atoms. The third kappa shape index (κ3) is 15.3. The van der Waals surface area contributed by atoms with Crippen molar-refractivity contribution in [1.82, 2.24) is 0 Å². The predicted octanol–water partition coefficient (Wildman–Crippen LogP) is 10.8. The molecule has 0 atom stereocenters. The minimum atomic E-state index is -0.381. The summed E-state index contributed by atoms with van der Waals surface area (Å²) in [5.41, 5.74) is 8.08. The Hall–Kier alpha value is -2.91. The van der Waals surface area contributed by atoms with Crippen LogP contribution in [0.5, 0.6) is 11.5 Å². The van der Waals surface area contributed by atoms with Crippen molar-refractivity contribution < 1.29 is 26.7 Å². The van der Waals surface area contributed by atoms with E-state index >= 15 is 0 Å². The van der Waals surface area contributed by atoms with E-state index in [-0.39, 0.29) is 28.0 Å². The van der Waals surface area contributed by atoms with Gasteiger partial charge < -0.3 is 10.2 Å². The number of nitrogens with zero attached hydrogens (tertiary/aromatic N) is 2. The van der Waals surface area contributed by atoms with E-state index in [9.17, 15) is 10.2 Å². The fraction of sp³-hybridized carbons (Fsp3) is 0.500. The zero-order valence-electron chi connectivity index (χ0n) is 28.5. The average Bonchev–Trinajstić information content (AvgIpc) is 3.03. The Morgan fingerprint density at radius 2 is 1.11 bits per heavy atom. The maximum atomic E-state index is 11.3. The molecular weight excluding hydrogens is 599 g/mol. The average molecular weight is 656 g/mol. The molecule has 0 saturated carbocycles. The molecule has 3 rings (SSSR count). The Morgan fingerprint density at radius 3 is 1.76 bits per heavy atom. The molecule has 3 aromatic rings. The number of hydrogen-bond donors (Lipinski definition) is 0. The topological polar surface area (TPSA) is 70.8 Å². The van der Waals surface area contributed by atoms with Crippen LogP contribution in [-0.2, 0) is 35.8 Å². The molecule has 0 aliphatic heterocycles. The number of hydrogen-bond acceptors (Lipinski definition) is 4. The number of para-hydroxylation sites is 2. The molecule has 0 aliphatic carbocycles. The van der Waals surface area contributed by atoms with Gasteiger partial charge in [0, 0.05) is 0 Å². The second-order valence-corrected chi connectivity index (χ2v) is 11.7. The SMILES string of the molecule is CCCCCC(=Nc1ccc(CCC)c(CCC)c1)C(CCCC)=Nc1ccccc1.CCCCCc1cccc([O-])c1[O-].[Ni+2]. The van der Waals surface area contributed by atoms with E-state index in [0.29, 0.717) is 5.56 Å². The normalized spacial score (nSPS) is 11.5. The van der Waals surface area contributed by atoms with Crippen LogP contribution in [0.25, 0.3) is 0 Å². The van der Waals surface area contributed by atoms with Crippen LogP contribution in [0.3, 0.4) is 0 Å². The van der Waals surface area contributed by atoms with E-state index < -0.39 is 0 Å². The molecule has 0 saturated heterocycles. The van der Waals surface area contributed by atoms with Gasteiger partial charge in [0.15, 0.2) is 0 Å². The Labute approximate surface area is 284 Å². The number of aliphatic imine (C=N–C) groups is 2. The number of aryl methyl sites for hydroxylation is 3. The smallest absolute Gasteiger partial charge is 0.873 e. The Morgan fingerprint density at radius 1 is 0.511 bits per heavy atom. The van der Waals surface area contributed by atoms with Crippen molar-refractivity contribution >= 4 is 22.8 Å². The summed E-state index contributed by atoms with van der Waals surface area (Å²) in [6.45, 7) is 11.1. The molecule has 0 aliphatic rings. The van der Waals surface area contributed by atoms with Gasteiger partial charge in [-0.1, -0.05) is 128 Å². The maximum absolute atomic E-state index is 11.3. The summed E-state index contributed by atoms with van der Waals surface area (Å²) < 4.78 is 0. The van der Waals surface area contributed by atoms with E-state index in [4.69, 9.17) is 9.98 Å². The molecule has 0 aromatic heterocycles. The van der Waals surface area contributed by atoms with Gasteiger partial charge in [0.1, 0.15) is 0 Å². The quantitative estimate of drug-likeness (QED) is 0.0777. The van der Waals surface area contributed by atoms with Crippen molar-refractivity contribution in [1.29, 1.82) is 0 Å². The van der Waals surface area contributed by atoms with E-state index in [1.165, 1.54) is 67.1 Å². The maximum Gasteiger partial charge on any atom is 2.00 e. The second-order valence-electron chi connectivity index (χ2n) is 11.7. The van der Waals surface area contributed by atoms with Crippen molar-refractivity contribution in [2.75, 3.05) is 0 Å². The Kier molecular flexibility index (Phi) is 21.7. The third-order valence-electron chi connectivity index (χ3n) is 7.74. The number of rotatable bonds is 18. The standard InChI is InChI=1S/C29H42N2.C11H16O2.Ni/c1-5-9-12-20-29(28(19-10-6-2)30-26-17-13-11-14-18-26)31-27-22-21-24(15-7-3)25(23-27)16-8-4;1-2-3-4-6-9-7-5-8-10(12)11(9)13;/h11,13-14,17-18,21-23H,5-10,12,15-16,19-20H2,1-4H3;5,7-8,12-13H,2-4,6H2,1H3;/q;;+2/p-2. The zero-order valence-corrected chi connectivity index (χ0v) is 29.5. The van der Waals surface area contributed by atoms with E-state index in [0.717, 1.165) is 69.2 Å². The third-order valence-corrected chi connectivity index (χ3v) is 7.74. The van der Waals surface area contributed by atoms with Crippen molar-refractivity contribution in [2.24, 2.45) is 9.98 Å². The first kappa shape index (κ1) is 40.1. The van der Waals surface area contributed by atoms with Crippen LogP contribution in [0, 0.1) is 0 Å². The first-order chi connectivity index (χ1) is 21.5. The monoisotopic (exact) mass is 654 g/mol. The van der Waals surface area contributed by atoms with Crippen LogP contribution in [0.15, 0.2) is 76.7 Å². The zero-order chi connectivity index (χ0) is 32.0. The minimum absolute atomic E-state index is 0. The fourth-order valence-electron chi connectivity index (χ4n) is 5.25. The summed E-state index contributed by atoms with van der Waals surface area (Å²) in [5.74, 6) is -0.701. The van der Waals surface area contributed by atoms with Gasteiger partial charge in [-0.05, 0) is 86.8 Å². The van der Waals surface area contributed by atoms with E-state index in [1.807, 2.05) is 6.07 Å².